The lowest BCUT2D eigenvalue weighted by molar-refractivity contribution is -0.117. The van der Waals surface area contributed by atoms with Gasteiger partial charge in [0, 0.05) is 13.1 Å². The number of nitrogens with one attached hydrogen (secondary N) is 2. The van der Waals surface area contributed by atoms with Gasteiger partial charge in [0.2, 0.25) is 5.91 Å². The van der Waals surface area contributed by atoms with Crippen molar-refractivity contribution in [2.45, 2.75) is 25.8 Å². The second-order valence-corrected chi connectivity index (χ2v) is 8.58. The molecule has 2 heterocycles. The van der Waals surface area contributed by atoms with Gasteiger partial charge in [-0.25, -0.2) is 4.39 Å². The molecule has 0 bridgehead atoms. The van der Waals surface area contributed by atoms with Crippen LogP contribution in [0.5, 0.6) is 0 Å². The van der Waals surface area contributed by atoms with E-state index in [1.807, 2.05) is 0 Å². The summed E-state index contributed by atoms with van der Waals surface area (Å²) in [5.41, 5.74) is 0.843. The Bertz CT molecular complexity index is 821. The summed E-state index contributed by atoms with van der Waals surface area (Å²) in [6, 6.07) is 7.41. The van der Waals surface area contributed by atoms with Crippen molar-refractivity contribution in [3.63, 3.8) is 0 Å². The first-order valence-electron chi connectivity index (χ1n) is 8.36. The summed E-state index contributed by atoms with van der Waals surface area (Å²) in [7, 11) is 0. The molecule has 5 nitrogen and oxygen atoms in total. The molecule has 1 saturated heterocycles. The number of hydrogen-bond acceptors (Lipinski definition) is 4. The molecular weight excluding hydrogens is 421 g/mol. The van der Waals surface area contributed by atoms with E-state index in [0.29, 0.717) is 10.6 Å². The van der Waals surface area contributed by atoms with Crippen molar-refractivity contribution in [2.24, 2.45) is 0 Å². The zero-order chi connectivity index (χ0) is 18.7. The SMILES string of the molecule is CC(NC(=O)c1ccc(Br)s1)C(=O)Nc1c(F)cccc1N1CCCC1. The monoisotopic (exact) mass is 439 g/mol. The number of halogens is 2. The number of thiophene rings is 1. The van der Waals surface area contributed by atoms with E-state index in [-0.39, 0.29) is 11.6 Å². The van der Waals surface area contributed by atoms with Crippen LogP contribution in [0.3, 0.4) is 0 Å². The maximum atomic E-state index is 14.3. The first-order valence-corrected chi connectivity index (χ1v) is 9.97. The summed E-state index contributed by atoms with van der Waals surface area (Å²) in [5.74, 6) is -1.28. The fraction of sp³-hybridized carbons (Fsp3) is 0.333. The number of nitrogens with zero attached hydrogens (tertiary/aromatic N) is 1. The number of anilines is 2. The second-order valence-electron chi connectivity index (χ2n) is 6.12. The molecule has 2 amide bonds. The van der Waals surface area contributed by atoms with Crippen LogP contribution >= 0.6 is 27.3 Å². The van der Waals surface area contributed by atoms with Crippen LogP contribution in [0.4, 0.5) is 15.8 Å². The molecule has 1 unspecified atom stereocenters. The van der Waals surface area contributed by atoms with Gasteiger partial charge in [0.1, 0.15) is 17.5 Å². The van der Waals surface area contributed by atoms with Crippen molar-refractivity contribution in [1.29, 1.82) is 0 Å². The Balaban J connectivity index is 1.70. The second kappa shape index (κ2) is 8.18. The van der Waals surface area contributed by atoms with E-state index >= 15 is 0 Å². The van der Waals surface area contributed by atoms with Crippen molar-refractivity contribution in [3.05, 3.63) is 44.8 Å². The molecule has 0 spiro atoms. The van der Waals surface area contributed by atoms with Crippen molar-refractivity contribution in [1.82, 2.24) is 5.32 Å². The van der Waals surface area contributed by atoms with E-state index in [2.05, 4.69) is 31.5 Å². The Labute approximate surface area is 163 Å². The molecule has 138 valence electrons. The zero-order valence-electron chi connectivity index (χ0n) is 14.2. The average molecular weight is 440 g/mol. The molecular formula is C18H19BrFN3O2S. The largest absolute Gasteiger partial charge is 0.370 e. The third-order valence-electron chi connectivity index (χ3n) is 4.22. The molecule has 1 atom stereocenters. The van der Waals surface area contributed by atoms with Gasteiger partial charge >= 0.3 is 0 Å². The third kappa shape index (κ3) is 4.24. The Morgan fingerprint density at radius 3 is 2.62 bits per heavy atom. The summed E-state index contributed by atoms with van der Waals surface area (Å²) in [6.45, 7) is 3.25. The highest BCUT2D eigenvalue weighted by Gasteiger charge is 2.23. The van der Waals surface area contributed by atoms with Crippen LogP contribution in [0, 0.1) is 5.82 Å². The molecule has 0 saturated carbocycles. The van der Waals surface area contributed by atoms with Crippen molar-refractivity contribution < 1.29 is 14.0 Å². The standard InChI is InChI=1S/C18H19BrFN3O2S/c1-11(21-18(25)14-7-8-15(19)26-14)17(24)22-16-12(20)5-4-6-13(16)23-9-2-3-10-23/h4-8,11H,2-3,9-10H2,1H3,(H,21,25)(H,22,24). The maximum Gasteiger partial charge on any atom is 0.262 e. The van der Waals surface area contributed by atoms with E-state index in [9.17, 15) is 14.0 Å². The lowest BCUT2D eigenvalue weighted by atomic mass is 10.2. The Morgan fingerprint density at radius 1 is 1.23 bits per heavy atom. The minimum absolute atomic E-state index is 0.166. The molecule has 1 aliphatic heterocycles. The lowest BCUT2D eigenvalue weighted by Crippen LogP contribution is -2.41. The topological polar surface area (TPSA) is 61.4 Å². The molecule has 3 rings (SSSR count). The minimum atomic E-state index is -0.797. The van der Waals surface area contributed by atoms with E-state index in [0.717, 1.165) is 29.7 Å². The normalized spacial score (nSPS) is 15.0. The van der Waals surface area contributed by atoms with Crippen molar-refractivity contribution in [3.8, 4) is 0 Å². The third-order valence-corrected chi connectivity index (χ3v) is 5.85. The predicted molar refractivity (Wildman–Crippen MR) is 105 cm³/mol. The summed E-state index contributed by atoms with van der Waals surface area (Å²) in [4.78, 5) is 27.2. The molecule has 2 aromatic rings. The highest BCUT2D eigenvalue weighted by atomic mass is 79.9. The molecule has 2 N–H and O–H groups in total. The number of rotatable bonds is 5. The molecule has 1 aromatic carbocycles. The molecule has 1 fully saturated rings. The molecule has 1 aromatic heterocycles. The predicted octanol–water partition coefficient (Wildman–Crippen LogP) is 4.01. The molecule has 1 aliphatic rings. The minimum Gasteiger partial charge on any atom is -0.370 e. The number of carbonyl (C=O) groups is 2. The van der Waals surface area contributed by atoms with Gasteiger partial charge in [0.05, 0.1) is 14.4 Å². The van der Waals surface area contributed by atoms with E-state index in [1.165, 1.54) is 17.4 Å². The number of para-hydroxylation sites is 1. The smallest absolute Gasteiger partial charge is 0.262 e. The number of carbonyl (C=O) groups excluding carboxylic acids is 2. The average Bonchev–Trinajstić information content (AvgIpc) is 3.28. The van der Waals surface area contributed by atoms with Gasteiger partial charge in [-0.3, -0.25) is 9.59 Å². The van der Waals surface area contributed by atoms with Crippen molar-refractivity contribution in [2.75, 3.05) is 23.3 Å². The summed E-state index contributed by atoms with van der Waals surface area (Å²) in [6.07, 6.45) is 2.10. The van der Waals surface area contributed by atoms with Gasteiger partial charge in [-0.2, -0.15) is 0 Å². The van der Waals surface area contributed by atoms with Gasteiger partial charge in [-0.15, -0.1) is 11.3 Å². The van der Waals surface area contributed by atoms with E-state index in [4.69, 9.17) is 0 Å². The van der Waals surface area contributed by atoms with E-state index in [1.54, 1.807) is 31.2 Å². The van der Waals surface area contributed by atoms with Gasteiger partial charge in [0.15, 0.2) is 0 Å². The Morgan fingerprint density at radius 2 is 1.96 bits per heavy atom. The fourth-order valence-electron chi connectivity index (χ4n) is 2.86. The van der Waals surface area contributed by atoms with Crippen LogP contribution < -0.4 is 15.5 Å². The number of amides is 2. The molecule has 8 heteroatoms. The van der Waals surface area contributed by atoms with Gasteiger partial charge < -0.3 is 15.5 Å². The number of hydrogen-bond donors (Lipinski definition) is 2. The van der Waals surface area contributed by atoms with E-state index < -0.39 is 17.8 Å². The highest BCUT2D eigenvalue weighted by Crippen LogP contribution is 2.31. The van der Waals surface area contributed by atoms with Gasteiger partial charge in [0.25, 0.3) is 5.91 Å². The van der Waals surface area contributed by atoms with Crippen LogP contribution in [0.15, 0.2) is 34.1 Å². The van der Waals surface area contributed by atoms with Gasteiger partial charge in [-0.1, -0.05) is 6.07 Å². The fourth-order valence-corrected chi connectivity index (χ4v) is 4.15. The zero-order valence-corrected chi connectivity index (χ0v) is 16.6. The summed E-state index contributed by atoms with van der Waals surface area (Å²) < 4.78 is 15.2. The highest BCUT2D eigenvalue weighted by molar-refractivity contribution is 9.11. The van der Waals surface area contributed by atoms with Crippen LogP contribution in [0.1, 0.15) is 29.4 Å². The summed E-state index contributed by atoms with van der Waals surface area (Å²) >= 11 is 4.58. The molecule has 0 aliphatic carbocycles. The Hall–Kier alpha value is -1.93. The van der Waals surface area contributed by atoms with Gasteiger partial charge in [-0.05, 0) is 60.0 Å². The summed E-state index contributed by atoms with van der Waals surface area (Å²) in [5, 5.41) is 5.28. The van der Waals surface area contributed by atoms with Crippen LogP contribution in [-0.2, 0) is 4.79 Å². The number of benzene rings is 1. The Kier molecular flexibility index (Phi) is 5.93. The maximum absolute atomic E-state index is 14.3. The lowest BCUT2D eigenvalue weighted by Gasteiger charge is -2.23. The van der Waals surface area contributed by atoms with Crippen LogP contribution in [0.2, 0.25) is 0 Å². The molecule has 26 heavy (non-hydrogen) atoms. The first kappa shape index (κ1) is 18.8. The quantitative estimate of drug-likeness (QED) is 0.739. The van der Waals surface area contributed by atoms with Crippen molar-refractivity contribution >= 4 is 50.5 Å². The van der Waals surface area contributed by atoms with Crippen LogP contribution in [-0.4, -0.2) is 30.9 Å². The molecule has 0 radical (unpaired) electrons. The first-order chi connectivity index (χ1) is 12.5. The van der Waals surface area contributed by atoms with Crippen LogP contribution in [0.25, 0.3) is 0 Å².